The van der Waals surface area contributed by atoms with Gasteiger partial charge in [0.1, 0.15) is 11.5 Å². The summed E-state index contributed by atoms with van der Waals surface area (Å²) in [6, 6.07) is 10.2. The number of hydrogen-bond donors (Lipinski definition) is 1. The summed E-state index contributed by atoms with van der Waals surface area (Å²) in [5, 5.41) is 5.23. The summed E-state index contributed by atoms with van der Waals surface area (Å²) in [6.07, 6.45) is 2.06. The lowest BCUT2D eigenvalue weighted by Gasteiger charge is -2.06. The van der Waals surface area contributed by atoms with E-state index >= 15 is 0 Å². The van der Waals surface area contributed by atoms with Gasteiger partial charge in [-0.3, -0.25) is 0 Å². The van der Waals surface area contributed by atoms with Gasteiger partial charge >= 0.3 is 0 Å². The van der Waals surface area contributed by atoms with Crippen LogP contribution >= 0.6 is 0 Å². The summed E-state index contributed by atoms with van der Waals surface area (Å²) in [4.78, 5) is 0. The van der Waals surface area contributed by atoms with Crippen molar-refractivity contribution in [2.24, 2.45) is 5.73 Å². The van der Waals surface area contributed by atoms with Gasteiger partial charge in [-0.05, 0) is 23.9 Å². The zero-order valence-corrected chi connectivity index (χ0v) is 10.3. The van der Waals surface area contributed by atoms with Crippen LogP contribution in [0.2, 0.25) is 0 Å². The summed E-state index contributed by atoms with van der Waals surface area (Å²) in [6.45, 7) is 3.15. The molecule has 4 heteroatoms. The second kappa shape index (κ2) is 4.31. The fourth-order valence-corrected chi connectivity index (χ4v) is 2.30. The largest absolute Gasteiger partial charge is 0.361 e. The Hall–Kier alpha value is -2.07. The highest BCUT2D eigenvalue weighted by Crippen LogP contribution is 2.21. The van der Waals surface area contributed by atoms with Crippen LogP contribution in [0.4, 0.5) is 0 Å². The standard InChI is InChI=1S/C14H15N3O/c1-10-7-13(16-18-10)9-17-6-5-11-3-2-4-12(8-15)14(11)17/h2-7H,8-9,15H2,1H3. The smallest absolute Gasteiger partial charge is 0.133 e. The summed E-state index contributed by atoms with van der Waals surface area (Å²) >= 11 is 0. The van der Waals surface area contributed by atoms with Crippen molar-refractivity contribution in [3.8, 4) is 0 Å². The second-order valence-electron chi connectivity index (χ2n) is 4.43. The Bertz CT molecular complexity index is 681. The Morgan fingerprint density at radius 1 is 1.33 bits per heavy atom. The van der Waals surface area contributed by atoms with Gasteiger partial charge in [-0.15, -0.1) is 0 Å². The summed E-state index contributed by atoms with van der Waals surface area (Å²) in [7, 11) is 0. The van der Waals surface area contributed by atoms with Crippen LogP contribution in [0.5, 0.6) is 0 Å². The zero-order valence-electron chi connectivity index (χ0n) is 10.3. The van der Waals surface area contributed by atoms with Crippen LogP contribution in [0.1, 0.15) is 17.0 Å². The first kappa shape index (κ1) is 11.0. The van der Waals surface area contributed by atoms with Gasteiger partial charge in [0.2, 0.25) is 0 Å². The fourth-order valence-electron chi connectivity index (χ4n) is 2.30. The number of aromatic nitrogens is 2. The van der Waals surface area contributed by atoms with Crippen LogP contribution < -0.4 is 5.73 Å². The first-order valence-corrected chi connectivity index (χ1v) is 5.97. The minimum absolute atomic E-state index is 0.541. The fraction of sp³-hybridized carbons (Fsp3) is 0.214. The lowest BCUT2D eigenvalue weighted by atomic mass is 10.1. The summed E-state index contributed by atoms with van der Waals surface area (Å²) in [5.41, 5.74) is 9.05. The lowest BCUT2D eigenvalue weighted by Crippen LogP contribution is -2.03. The molecule has 4 nitrogen and oxygen atoms in total. The minimum Gasteiger partial charge on any atom is -0.361 e. The van der Waals surface area contributed by atoms with Gasteiger partial charge in [-0.2, -0.15) is 0 Å². The molecule has 0 aliphatic heterocycles. The number of hydrogen-bond acceptors (Lipinski definition) is 3. The third-order valence-electron chi connectivity index (χ3n) is 3.10. The van der Waals surface area contributed by atoms with Crippen molar-refractivity contribution in [2.75, 3.05) is 0 Å². The molecule has 0 atom stereocenters. The van der Waals surface area contributed by atoms with Gasteiger partial charge in [0.25, 0.3) is 0 Å². The Morgan fingerprint density at radius 3 is 2.94 bits per heavy atom. The van der Waals surface area contributed by atoms with Crippen molar-refractivity contribution < 1.29 is 4.52 Å². The van der Waals surface area contributed by atoms with Crippen molar-refractivity contribution >= 4 is 10.9 Å². The van der Waals surface area contributed by atoms with Gasteiger partial charge < -0.3 is 14.8 Å². The van der Waals surface area contributed by atoms with E-state index in [1.807, 2.05) is 19.1 Å². The molecule has 92 valence electrons. The molecule has 3 aromatic rings. The number of benzene rings is 1. The molecule has 0 radical (unpaired) electrons. The summed E-state index contributed by atoms with van der Waals surface area (Å²) < 4.78 is 7.26. The van der Waals surface area contributed by atoms with Crippen LogP contribution in [0.3, 0.4) is 0 Å². The van der Waals surface area contributed by atoms with E-state index in [2.05, 4.69) is 34.1 Å². The van der Waals surface area contributed by atoms with Crippen LogP contribution in [0, 0.1) is 6.92 Å². The van der Waals surface area contributed by atoms with E-state index in [1.165, 1.54) is 10.9 Å². The van der Waals surface area contributed by atoms with Crippen LogP contribution in [-0.4, -0.2) is 9.72 Å². The molecule has 0 fully saturated rings. The topological polar surface area (TPSA) is 57.0 Å². The normalized spacial score (nSPS) is 11.2. The predicted molar refractivity (Wildman–Crippen MR) is 70.2 cm³/mol. The molecule has 0 amide bonds. The maximum atomic E-state index is 5.79. The molecule has 0 spiro atoms. The van der Waals surface area contributed by atoms with Crippen molar-refractivity contribution in [2.45, 2.75) is 20.0 Å². The Morgan fingerprint density at radius 2 is 2.22 bits per heavy atom. The first-order chi connectivity index (χ1) is 8.78. The Labute approximate surface area is 105 Å². The Kier molecular flexibility index (Phi) is 2.64. The molecule has 0 saturated carbocycles. The van der Waals surface area contributed by atoms with E-state index in [9.17, 15) is 0 Å². The van der Waals surface area contributed by atoms with Gasteiger partial charge in [0, 0.05) is 18.8 Å². The number of nitrogens with two attached hydrogens (primary N) is 1. The molecule has 0 aliphatic rings. The molecule has 0 unspecified atom stereocenters. The number of rotatable bonds is 3. The number of aryl methyl sites for hydroxylation is 1. The van der Waals surface area contributed by atoms with Gasteiger partial charge in [0.05, 0.1) is 12.1 Å². The van der Waals surface area contributed by atoms with E-state index in [4.69, 9.17) is 10.3 Å². The maximum Gasteiger partial charge on any atom is 0.133 e. The van der Waals surface area contributed by atoms with E-state index < -0.39 is 0 Å². The van der Waals surface area contributed by atoms with Crippen LogP contribution in [-0.2, 0) is 13.1 Å². The molecule has 18 heavy (non-hydrogen) atoms. The number of para-hydroxylation sites is 1. The van der Waals surface area contributed by atoms with E-state index in [0.717, 1.165) is 17.0 Å². The van der Waals surface area contributed by atoms with Crippen molar-refractivity contribution in [1.82, 2.24) is 9.72 Å². The third-order valence-corrected chi connectivity index (χ3v) is 3.10. The maximum absolute atomic E-state index is 5.79. The van der Waals surface area contributed by atoms with Crippen molar-refractivity contribution in [1.29, 1.82) is 0 Å². The van der Waals surface area contributed by atoms with Crippen molar-refractivity contribution in [3.63, 3.8) is 0 Å². The predicted octanol–water partition coefficient (Wildman–Crippen LogP) is 2.44. The van der Waals surface area contributed by atoms with E-state index in [1.54, 1.807) is 0 Å². The zero-order chi connectivity index (χ0) is 12.5. The molecule has 3 rings (SSSR count). The average Bonchev–Trinajstić information content (AvgIpc) is 2.97. The Balaban J connectivity index is 2.06. The highest BCUT2D eigenvalue weighted by Gasteiger charge is 2.07. The molecule has 0 aliphatic carbocycles. The van der Waals surface area contributed by atoms with E-state index in [0.29, 0.717) is 13.1 Å². The lowest BCUT2D eigenvalue weighted by molar-refractivity contribution is 0.389. The average molecular weight is 241 g/mol. The third kappa shape index (κ3) is 1.80. The first-order valence-electron chi connectivity index (χ1n) is 5.97. The van der Waals surface area contributed by atoms with Gasteiger partial charge in [-0.1, -0.05) is 23.4 Å². The SMILES string of the molecule is Cc1cc(Cn2ccc3cccc(CN)c32)no1. The molecule has 2 heterocycles. The van der Waals surface area contributed by atoms with Crippen LogP contribution in [0.15, 0.2) is 41.1 Å². The number of fused-ring (bicyclic) bond motifs is 1. The minimum atomic E-state index is 0.541. The van der Waals surface area contributed by atoms with E-state index in [-0.39, 0.29) is 0 Å². The highest BCUT2D eigenvalue weighted by molar-refractivity contribution is 5.83. The molecule has 0 saturated heterocycles. The molecule has 0 bridgehead atoms. The highest BCUT2D eigenvalue weighted by atomic mass is 16.5. The monoisotopic (exact) mass is 241 g/mol. The molecule has 1 aromatic carbocycles. The summed E-state index contributed by atoms with van der Waals surface area (Å²) in [5.74, 6) is 0.834. The van der Waals surface area contributed by atoms with Gasteiger partial charge in [0.15, 0.2) is 0 Å². The quantitative estimate of drug-likeness (QED) is 0.766. The van der Waals surface area contributed by atoms with Crippen molar-refractivity contribution in [3.05, 3.63) is 53.5 Å². The second-order valence-corrected chi connectivity index (χ2v) is 4.43. The molecular formula is C14H15N3O. The van der Waals surface area contributed by atoms with Gasteiger partial charge in [-0.25, -0.2) is 0 Å². The molecular weight excluding hydrogens is 226 g/mol. The van der Waals surface area contributed by atoms with Crippen LogP contribution in [0.25, 0.3) is 10.9 Å². The molecule has 2 aromatic heterocycles. The molecule has 2 N–H and O–H groups in total. The number of nitrogens with zero attached hydrogens (tertiary/aromatic N) is 2.